The Labute approximate surface area is 237 Å². The minimum absolute atomic E-state index is 0.0785. The number of rotatable bonds is 11. The highest BCUT2D eigenvalue weighted by molar-refractivity contribution is 7.90. The third-order valence-electron chi connectivity index (χ3n) is 6.94. The number of hydrogen-bond donors (Lipinski definition) is 2. The van der Waals surface area contributed by atoms with Crippen molar-refractivity contribution >= 4 is 27.2 Å². The van der Waals surface area contributed by atoms with Gasteiger partial charge in [-0.3, -0.25) is 0 Å². The number of unbranched alkanes of at least 4 members (excludes halogenated alkanes) is 1. The Morgan fingerprint density at radius 1 is 0.925 bits per heavy atom. The molecule has 2 N–H and O–H groups in total. The Kier molecular flexibility index (Phi) is 9.25. The third-order valence-corrected chi connectivity index (χ3v) is 8.33. The first-order chi connectivity index (χ1) is 19.2. The quantitative estimate of drug-likeness (QED) is 0.216. The van der Waals surface area contributed by atoms with Crippen LogP contribution in [0.3, 0.4) is 0 Å². The van der Waals surface area contributed by atoms with E-state index in [0.29, 0.717) is 18.7 Å². The lowest BCUT2D eigenvalue weighted by Gasteiger charge is -2.15. The lowest BCUT2D eigenvalue weighted by atomic mass is 10.00. The zero-order valence-corrected chi connectivity index (χ0v) is 24.9. The average molecular weight is 562 g/mol. The van der Waals surface area contributed by atoms with Crippen LogP contribution in [-0.4, -0.2) is 35.5 Å². The van der Waals surface area contributed by atoms with Gasteiger partial charge >= 0.3 is 6.03 Å². The molecule has 2 aromatic heterocycles. The molecule has 0 unspecified atom stereocenters. The maximum absolute atomic E-state index is 13.3. The lowest BCUT2D eigenvalue weighted by molar-refractivity contribution is 0.245. The molecule has 0 aliphatic carbocycles. The van der Waals surface area contributed by atoms with Crippen molar-refractivity contribution in [3.63, 3.8) is 0 Å². The fourth-order valence-electron chi connectivity index (χ4n) is 4.93. The largest absolute Gasteiger partial charge is 0.337 e. The highest BCUT2D eigenvalue weighted by Gasteiger charge is 2.22. The van der Waals surface area contributed by atoms with Crippen molar-refractivity contribution in [2.75, 3.05) is 6.54 Å². The van der Waals surface area contributed by atoms with Crippen LogP contribution in [0.1, 0.15) is 68.2 Å². The van der Waals surface area contributed by atoms with Gasteiger partial charge in [-0.05, 0) is 67.1 Å². The molecule has 40 heavy (non-hydrogen) atoms. The maximum atomic E-state index is 13.3. The van der Waals surface area contributed by atoms with E-state index in [1.165, 1.54) is 0 Å². The van der Waals surface area contributed by atoms with Crippen molar-refractivity contribution in [1.29, 1.82) is 0 Å². The van der Waals surface area contributed by atoms with Crippen molar-refractivity contribution in [1.82, 2.24) is 24.6 Å². The summed E-state index contributed by atoms with van der Waals surface area (Å²) in [6, 6.07) is 14.6. The van der Waals surface area contributed by atoms with Crippen molar-refractivity contribution in [2.24, 2.45) is 0 Å². The molecule has 2 aromatic carbocycles. The van der Waals surface area contributed by atoms with Crippen molar-refractivity contribution in [3.8, 4) is 11.1 Å². The molecule has 0 bridgehead atoms. The molecule has 0 aliphatic rings. The van der Waals surface area contributed by atoms with Crippen molar-refractivity contribution in [2.45, 2.75) is 78.2 Å². The summed E-state index contributed by atoms with van der Waals surface area (Å²) in [5.41, 5.74) is 7.31. The molecule has 0 radical (unpaired) electrons. The van der Waals surface area contributed by atoms with E-state index < -0.39 is 16.1 Å². The number of pyridine rings is 1. The summed E-state index contributed by atoms with van der Waals surface area (Å²) in [6.07, 6.45) is 4.24. The second-order valence-electron chi connectivity index (χ2n) is 10.2. The van der Waals surface area contributed by atoms with Crippen LogP contribution in [0.4, 0.5) is 4.79 Å². The first kappa shape index (κ1) is 29.3. The summed E-state index contributed by atoms with van der Waals surface area (Å²) in [7, 11) is -4.08. The Hall–Kier alpha value is -3.72. The minimum atomic E-state index is -4.08. The molecule has 0 fully saturated rings. The van der Waals surface area contributed by atoms with Crippen LogP contribution in [-0.2, 0) is 29.4 Å². The molecule has 8 nitrogen and oxygen atoms in total. The van der Waals surface area contributed by atoms with Gasteiger partial charge in [-0.25, -0.2) is 27.9 Å². The summed E-state index contributed by atoms with van der Waals surface area (Å²) >= 11 is 0. The molecule has 0 atom stereocenters. The van der Waals surface area contributed by atoms with Gasteiger partial charge in [0.15, 0.2) is 5.65 Å². The van der Waals surface area contributed by atoms with Gasteiger partial charge in [0.1, 0.15) is 11.3 Å². The second-order valence-corrected chi connectivity index (χ2v) is 11.9. The summed E-state index contributed by atoms with van der Waals surface area (Å²) in [5, 5.41) is 2.62. The van der Waals surface area contributed by atoms with Gasteiger partial charge in [-0.2, -0.15) is 0 Å². The Balaban J connectivity index is 1.67. The third kappa shape index (κ3) is 6.53. The fraction of sp³-hybridized carbons (Fsp3) is 0.387. The number of carbonyl (C=O) groups is 1. The van der Waals surface area contributed by atoms with E-state index in [2.05, 4.69) is 41.4 Å². The first-order valence-corrected chi connectivity index (χ1v) is 15.5. The SMILES string of the molecule is CCCCNC(=O)NS(=O)(=O)c1ccc(CCC)cc1-c1ccc(Cn2c(CC)nc3c(C)cc(C)nc32)cc1. The zero-order chi connectivity index (χ0) is 28.9. The molecular weight excluding hydrogens is 522 g/mol. The van der Waals surface area contributed by atoms with E-state index in [1.54, 1.807) is 6.07 Å². The van der Waals surface area contributed by atoms with Gasteiger partial charge in [0.25, 0.3) is 10.0 Å². The molecular formula is C31H39N5O3S. The second kappa shape index (κ2) is 12.6. The number of nitrogens with one attached hydrogen (secondary N) is 2. The molecule has 212 valence electrons. The van der Waals surface area contributed by atoms with E-state index >= 15 is 0 Å². The topological polar surface area (TPSA) is 106 Å². The van der Waals surface area contributed by atoms with Crippen molar-refractivity contribution in [3.05, 3.63) is 76.7 Å². The molecule has 0 aliphatic heterocycles. The van der Waals surface area contributed by atoms with Gasteiger partial charge in [0.2, 0.25) is 0 Å². The molecule has 4 aromatic rings. The summed E-state index contributed by atoms with van der Waals surface area (Å²) in [6.45, 7) is 11.3. The summed E-state index contributed by atoms with van der Waals surface area (Å²) in [5.74, 6) is 0.976. The number of sulfonamides is 1. The number of carbonyl (C=O) groups excluding carboxylic acids is 1. The summed E-state index contributed by atoms with van der Waals surface area (Å²) in [4.78, 5) is 22.0. The van der Waals surface area contributed by atoms with E-state index in [0.717, 1.165) is 77.0 Å². The number of aromatic nitrogens is 3. The van der Waals surface area contributed by atoms with Crippen molar-refractivity contribution < 1.29 is 13.2 Å². The zero-order valence-electron chi connectivity index (χ0n) is 24.0. The van der Waals surface area contributed by atoms with Gasteiger partial charge in [-0.15, -0.1) is 0 Å². The number of benzene rings is 2. The van der Waals surface area contributed by atoms with E-state index in [4.69, 9.17) is 9.97 Å². The predicted octanol–water partition coefficient (Wildman–Crippen LogP) is 6.07. The Morgan fingerprint density at radius 2 is 1.65 bits per heavy atom. The van der Waals surface area contributed by atoms with Gasteiger partial charge in [0, 0.05) is 24.2 Å². The Bertz CT molecular complexity index is 1610. The number of aryl methyl sites for hydroxylation is 4. The Morgan fingerprint density at radius 3 is 2.33 bits per heavy atom. The lowest BCUT2D eigenvalue weighted by Crippen LogP contribution is -2.39. The number of nitrogens with zero attached hydrogens (tertiary/aromatic N) is 3. The number of fused-ring (bicyclic) bond motifs is 1. The van der Waals surface area contributed by atoms with Crippen LogP contribution in [0.25, 0.3) is 22.3 Å². The van der Waals surface area contributed by atoms with Crippen LogP contribution >= 0.6 is 0 Å². The molecule has 0 spiro atoms. The molecule has 0 saturated carbocycles. The molecule has 0 saturated heterocycles. The number of urea groups is 1. The van der Waals surface area contributed by atoms with E-state index in [-0.39, 0.29) is 4.90 Å². The smallest absolute Gasteiger partial charge is 0.328 e. The molecule has 2 amide bonds. The van der Waals surface area contributed by atoms with E-state index in [1.807, 2.05) is 50.2 Å². The fourth-order valence-corrected chi connectivity index (χ4v) is 6.07. The minimum Gasteiger partial charge on any atom is -0.337 e. The van der Waals surface area contributed by atoms with Crippen LogP contribution in [0.5, 0.6) is 0 Å². The highest BCUT2D eigenvalue weighted by Crippen LogP contribution is 2.30. The number of hydrogen-bond acceptors (Lipinski definition) is 5. The molecule has 9 heteroatoms. The van der Waals surface area contributed by atoms with E-state index in [9.17, 15) is 13.2 Å². The number of amides is 2. The first-order valence-electron chi connectivity index (χ1n) is 14.0. The van der Waals surface area contributed by atoms with Crippen LogP contribution < -0.4 is 10.0 Å². The summed E-state index contributed by atoms with van der Waals surface area (Å²) < 4.78 is 30.9. The average Bonchev–Trinajstić information content (AvgIpc) is 3.26. The van der Waals surface area contributed by atoms with Crippen LogP contribution in [0, 0.1) is 13.8 Å². The molecule has 2 heterocycles. The van der Waals surface area contributed by atoms with Crippen LogP contribution in [0.15, 0.2) is 53.4 Å². The standard InChI is InChI=1S/C31H39N5O3S/c1-6-9-17-32-31(37)35-40(38,39)27-16-13-23(10-7-2)19-26(27)25-14-11-24(12-15-25)20-36-28(8-3)34-29-21(4)18-22(5)33-30(29)36/h11-16,18-19H,6-10,17,20H2,1-5H3,(H2,32,35,37). The molecule has 4 rings (SSSR count). The monoisotopic (exact) mass is 561 g/mol. The van der Waals surface area contributed by atoms with Crippen LogP contribution in [0.2, 0.25) is 0 Å². The highest BCUT2D eigenvalue weighted by atomic mass is 32.2. The number of imidazole rings is 1. The normalized spacial score (nSPS) is 11.6. The van der Waals surface area contributed by atoms with Gasteiger partial charge in [-0.1, -0.05) is 63.9 Å². The van der Waals surface area contributed by atoms with Gasteiger partial charge < -0.3 is 9.88 Å². The predicted molar refractivity (Wildman–Crippen MR) is 160 cm³/mol. The van der Waals surface area contributed by atoms with Gasteiger partial charge in [0.05, 0.1) is 11.4 Å². The maximum Gasteiger partial charge on any atom is 0.328 e.